The van der Waals surface area contributed by atoms with Crippen molar-refractivity contribution >= 4 is 21.2 Å². The summed E-state index contributed by atoms with van der Waals surface area (Å²) in [7, 11) is -2.55. The van der Waals surface area contributed by atoms with E-state index in [1.807, 2.05) is 13.0 Å². The van der Waals surface area contributed by atoms with Crippen molar-refractivity contribution in [3.8, 4) is 17.1 Å². The number of hydrogen-bond donors (Lipinski definition) is 0. The predicted octanol–water partition coefficient (Wildman–Crippen LogP) is 3.89. The number of rotatable bonds is 3. The lowest BCUT2D eigenvalue weighted by molar-refractivity contribution is -0.646. The molecular weight excluding hydrogens is 412 g/mol. The highest BCUT2D eigenvalue weighted by atomic mass is 32.2. The van der Waals surface area contributed by atoms with E-state index >= 15 is 0 Å². The SMILES string of the molecule is CCn1c2[n+](c3ccc(OC)cc31)Cc1ccccc1-2.Cc1ccc(S(=O)(=O)[O-])cc1. The molecule has 0 aliphatic carbocycles. The maximum absolute atomic E-state index is 10.4. The second-order valence-electron chi connectivity index (χ2n) is 7.43. The van der Waals surface area contributed by atoms with Crippen molar-refractivity contribution < 1.29 is 22.3 Å². The molecule has 0 atom stereocenters. The van der Waals surface area contributed by atoms with Gasteiger partial charge in [0.25, 0.3) is 5.82 Å². The van der Waals surface area contributed by atoms with E-state index < -0.39 is 10.1 Å². The summed E-state index contributed by atoms with van der Waals surface area (Å²) < 4.78 is 41.3. The molecule has 160 valence electrons. The normalized spacial score (nSPS) is 12.1. The van der Waals surface area contributed by atoms with Gasteiger partial charge >= 0.3 is 0 Å². The van der Waals surface area contributed by atoms with Gasteiger partial charge in [0, 0.05) is 11.6 Å². The number of aryl methyl sites for hydroxylation is 2. The summed E-state index contributed by atoms with van der Waals surface area (Å²) in [6.07, 6.45) is 0. The monoisotopic (exact) mass is 436 g/mol. The molecule has 0 radical (unpaired) electrons. The first kappa shape index (κ1) is 21.1. The second-order valence-corrected chi connectivity index (χ2v) is 8.81. The third-order valence-corrected chi connectivity index (χ3v) is 6.34. The maximum Gasteiger partial charge on any atom is 0.290 e. The van der Waals surface area contributed by atoms with Gasteiger partial charge in [-0.25, -0.2) is 17.6 Å². The second kappa shape index (κ2) is 8.17. The first-order chi connectivity index (χ1) is 14.8. The fourth-order valence-corrected chi connectivity index (χ4v) is 4.44. The summed E-state index contributed by atoms with van der Waals surface area (Å²) in [6.45, 7) is 5.93. The number of benzene rings is 3. The molecule has 0 fully saturated rings. The van der Waals surface area contributed by atoms with E-state index in [1.54, 1.807) is 19.2 Å². The van der Waals surface area contributed by atoms with E-state index in [0.29, 0.717) is 0 Å². The predicted molar refractivity (Wildman–Crippen MR) is 118 cm³/mol. The molecule has 2 heterocycles. The molecule has 0 N–H and O–H groups in total. The van der Waals surface area contributed by atoms with Gasteiger partial charge in [0.1, 0.15) is 22.4 Å². The summed E-state index contributed by atoms with van der Waals surface area (Å²) in [5.41, 5.74) is 6.21. The molecule has 0 spiro atoms. The molecular formula is C24H24N2O4S. The van der Waals surface area contributed by atoms with Crippen LogP contribution in [0.15, 0.2) is 71.6 Å². The zero-order valence-electron chi connectivity index (χ0n) is 17.7. The topological polar surface area (TPSA) is 75.2 Å². The van der Waals surface area contributed by atoms with Crippen LogP contribution in [0.1, 0.15) is 18.1 Å². The Kier molecular flexibility index (Phi) is 5.56. The van der Waals surface area contributed by atoms with E-state index in [1.165, 1.54) is 40.1 Å². The number of imidazole rings is 1. The standard InChI is InChI=1S/C17H17N2O.C7H8O3S/c1-3-18-16-10-13(20-2)8-9-15(16)19-11-12-6-4-5-7-14(12)17(18)19;1-6-2-4-7(5-3-6)11(8,9)10/h4-10H,3,11H2,1-2H3;2-5H,1H3,(H,8,9,10)/q+1;/p-1. The molecule has 5 rings (SSSR count). The minimum absolute atomic E-state index is 0.178. The number of aromatic nitrogens is 2. The summed E-state index contributed by atoms with van der Waals surface area (Å²) in [5.74, 6) is 2.23. The number of methoxy groups -OCH3 is 1. The van der Waals surface area contributed by atoms with Gasteiger partial charge < -0.3 is 9.29 Å². The number of hydrogen-bond acceptors (Lipinski definition) is 4. The summed E-state index contributed by atoms with van der Waals surface area (Å²) >= 11 is 0. The minimum Gasteiger partial charge on any atom is -0.744 e. The van der Waals surface area contributed by atoms with E-state index in [-0.39, 0.29) is 4.90 Å². The third kappa shape index (κ3) is 3.94. The van der Waals surface area contributed by atoms with E-state index in [4.69, 9.17) is 4.74 Å². The van der Waals surface area contributed by atoms with Crippen LogP contribution in [-0.4, -0.2) is 24.6 Å². The lowest BCUT2D eigenvalue weighted by Gasteiger charge is -2.05. The Balaban J connectivity index is 0.000000180. The average Bonchev–Trinajstić information content (AvgIpc) is 3.27. The Bertz CT molecular complexity index is 1360. The lowest BCUT2D eigenvalue weighted by Crippen LogP contribution is -2.31. The van der Waals surface area contributed by atoms with Crippen LogP contribution in [0.25, 0.3) is 22.4 Å². The third-order valence-electron chi connectivity index (χ3n) is 5.49. The highest BCUT2D eigenvalue weighted by Gasteiger charge is 2.32. The summed E-state index contributed by atoms with van der Waals surface area (Å²) in [4.78, 5) is -0.178. The van der Waals surface area contributed by atoms with Gasteiger partial charge in [-0.15, -0.1) is 0 Å². The van der Waals surface area contributed by atoms with E-state index in [0.717, 1.165) is 24.4 Å². The smallest absolute Gasteiger partial charge is 0.290 e. The molecule has 3 aromatic carbocycles. The number of nitrogens with zero attached hydrogens (tertiary/aromatic N) is 2. The van der Waals surface area contributed by atoms with Crippen LogP contribution in [0.2, 0.25) is 0 Å². The maximum atomic E-state index is 10.4. The van der Waals surface area contributed by atoms with Crippen LogP contribution in [-0.2, 0) is 23.2 Å². The molecule has 6 nitrogen and oxygen atoms in total. The van der Waals surface area contributed by atoms with Crippen molar-refractivity contribution in [3.05, 3.63) is 77.9 Å². The Labute approximate surface area is 182 Å². The molecule has 0 saturated carbocycles. The van der Waals surface area contributed by atoms with Crippen molar-refractivity contribution in [1.82, 2.24) is 4.57 Å². The lowest BCUT2D eigenvalue weighted by atomic mass is 10.1. The highest BCUT2D eigenvalue weighted by Crippen LogP contribution is 2.32. The number of fused-ring (bicyclic) bond motifs is 5. The van der Waals surface area contributed by atoms with Crippen molar-refractivity contribution in [2.45, 2.75) is 31.8 Å². The first-order valence-corrected chi connectivity index (χ1v) is 11.4. The molecule has 7 heteroatoms. The summed E-state index contributed by atoms with van der Waals surface area (Å²) in [6, 6.07) is 20.8. The van der Waals surface area contributed by atoms with Crippen molar-refractivity contribution in [2.24, 2.45) is 0 Å². The van der Waals surface area contributed by atoms with Crippen LogP contribution in [0.4, 0.5) is 0 Å². The van der Waals surface area contributed by atoms with Crippen molar-refractivity contribution in [1.29, 1.82) is 0 Å². The molecule has 0 unspecified atom stereocenters. The van der Waals surface area contributed by atoms with E-state index in [2.05, 4.69) is 52.5 Å². The van der Waals surface area contributed by atoms with Crippen LogP contribution < -0.4 is 9.30 Å². The van der Waals surface area contributed by atoms with Crippen LogP contribution in [0, 0.1) is 6.92 Å². The van der Waals surface area contributed by atoms with Crippen LogP contribution in [0.5, 0.6) is 5.75 Å². The van der Waals surface area contributed by atoms with Gasteiger partial charge in [-0.2, -0.15) is 0 Å². The van der Waals surface area contributed by atoms with Crippen LogP contribution in [0.3, 0.4) is 0 Å². The molecule has 0 bridgehead atoms. The quantitative estimate of drug-likeness (QED) is 0.318. The van der Waals surface area contributed by atoms with E-state index in [9.17, 15) is 13.0 Å². The zero-order valence-corrected chi connectivity index (χ0v) is 18.5. The Hall–Kier alpha value is -3.16. The fraction of sp³-hybridized carbons (Fsp3) is 0.208. The number of ether oxygens (including phenoxy) is 1. The average molecular weight is 437 g/mol. The van der Waals surface area contributed by atoms with Crippen molar-refractivity contribution in [2.75, 3.05) is 7.11 Å². The first-order valence-electron chi connectivity index (χ1n) is 10.0. The Morgan fingerprint density at radius 1 is 1.06 bits per heavy atom. The Morgan fingerprint density at radius 3 is 2.42 bits per heavy atom. The highest BCUT2D eigenvalue weighted by molar-refractivity contribution is 7.85. The minimum atomic E-state index is -4.27. The van der Waals surface area contributed by atoms with Gasteiger partial charge in [0.15, 0.2) is 11.0 Å². The van der Waals surface area contributed by atoms with Crippen molar-refractivity contribution in [3.63, 3.8) is 0 Å². The molecule has 1 aliphatic rings. The molecule has 1 aliphatic heterocycles. The van der Waals surface area contributed by atoms with Gasteiger partial charge in [0.2, 0.25) is 0 Å². The molecule has 0 amide bonds. The van der Waals surface area contributed by atoms with Crippen LogP contribution >= 0.6 is 0 Å². The molecule has 0 saturated heterocycles. The fourth-order valence-electron chi connectivity index (χ4n) is 3.97. The zero-order chi connectivity index (χ0) is 22.2. The van der Waals surface area contributed by atoms with Gasteiger partial charge in [-0.1, -0.05) is 35.9 Å². The Morgan fingerprint density at radius 2 is 1.77 bits per heavy atom. The largest absolute Gasteiger partial charge is 0.744 e. The molecule has 31 heavy (non-hydrogen) atoms. The van der Waals surface area contributed by atoms with Gasteiger partial charge in [-0.3, -0.25) is 0 Å². The van der Waals surface area contributed by atoms with Gasteiger partial charge in [-0.05, 0) is 44.2 Å². The summed E-state index contributed by atoms with van der Waals surface area (Å²) in [5, 5.41) is 0. The van der Waals surface area contributed by atoms with Gasteiger partial charge in [0.05, 0.1) is 24.1 Å². The molecule has 1 aromatic heterocycles. The molecule has 4 aromatic rings.